The van der Waals surface area contributed by atoms with Gasteiger partial charge >= 0.3 is 0 Å². The van der Waals surface area contributed by atoms with Crippen molar-refractivity contribution in [2.45, 2.75) is 18.8 Å². The molecule has 2 aromatic rings. The van der Waals surface area contributed by atoms with E-state index in [1.165, 1.54) is 16.5 Å². The molecule has 1 aromatic heterocycles. The Morgan fingerprint density at radius 1 is 1.44 bits per heavy atom. The molecule has 0 spiro atoms. The van der Waals surface area contributed by atoms with Crippen LogP contribution in [0.15, 0.2) is 30.5 Å². The maximum absolute atomic E-state index is 9.03. The highest BCUT2D eigenvalue weighted by molar-refractivity contribution is 5.85. The molecule has 3 rings (SSSR count). The van der Waals surface area contributed by atoms with Crippen molar-refractivity contribution in [3.8, 4) is 6.07 Å². The quantitative estimate of drug-likeness (QED) is 0.711. The van der Waals surface area contributed by atoms with Crippen LogP contribution in [0.4, 0.5) is 0 Å². The van der Waals surface area contributed by atoms with Gasteiger partial charge < -0.3 is 4.57 Å². The molecule has 0 N–H and O–H groups in total. The van der Waals surface area contributed by atoms with Crippen molar-refractivity contribution in [2.75, 3.05) is 0 Å². The van der Waals surface area contributed by atoms with E-state index in [0.29, 0.717) is 0 Å². The normalized spacial score (nSPS) is 27.9. The van der Waals surface area contributed by atoms with Gasteiger partial charge in [0.2, 0.25) is 0 Å². The zero-order valence-electron chi connectivity index (χ0n) is 9.57. The summed E-state index contributed by atoms with van der Waals surface area (Å²) in [6.45, 7) is 2.20. The number of hydrogen-bond donors (Lipinski definition) is 0. The van der Waals surface area contributed by atoms with Gasteiger partial charge in [0.15, 0.2) is 0 Å². The van der Waals surface area contributed by atoms with Crippen LogP contribution in [0.1, 0.15) is 18.9 Å². The third-order valence-electron chi connectivity index (χ3n) is 3.91. The van der Waals surface area contributed by atoms with Crippen molar-refractivity contribution >= 4 is 10.9 Å². The summed E-state index contributed by atoms with van der Waals surface area (Å²) in [5.74, 6) is 0.193. The molecule has 2 nitrogen and oxygen atoms in total. The van der Waals surface area contributed by atoms with Crippen molar-refractivity contribution in [1.29, 1.82) is 5.26 Å². The van der Waals surface area contributed by atoms with E-state index in [2.05, 4.69) is 55.1 Å². The number of aromatic nitrogens is 1. The van der Waals surface area contributed by atoms with Gasteiger partial charge in [-0.15, -0.1) is 0 Å². The smallest absolute Gasteiger partial charge is 0.0665 e. The third-order valence-corrected chi connectivity index (χ3v) is 3.91. The fourth-order valence-corrected chi connectivity index (χ4v) is 2.65. The van der Waals surface area contributed by atoms with Gasteiger partial charge in [-0.25, -0.2) is 0 Å². The molecule has 2 heteroatoms. The summed E-state index contributed by atoms with van der Waals surface area (Å²) in [5.41, 5.74) is 2.66. The van der Waals surface area contributed by atoms with Crippen molar-refractivity contribution in [2.24, 2.45) is 13.0 Å². The van der Waals surface area contributed by atoms with E-state index in [1.807, 2.05) is 0 Å². The Morgan fingerprint density at radius 3 is 2.88 bits per heavy atom. The minimum atomic E-state index is 0.0790. The van der Waals surface area contributed by atoms with E-state index in [0.717, 1.165) is 6.42 Å². The second-order valence-corrected chi connectivity index (χ2v) is 4.97. The lowest BCUT2D eigenvalue weighted by atomic mass is 9.95. The lowest BCUT2D eigenvalue weighted by Crippen LogP contribution is -2.02. The first-order chi connectivity index (χ1) is 7.66. The highest BCUT2D eigenvalue weighted by Gasteiger charge is 2.52. The van der Waals surface area contributed by atoms with E-state index in [1.54, 1.807) is 0 Å². The van der Waals surface area contributed by atoms with E-state index in [-0.39, 0.29) is 11.3 Å². The van der Waals surface area contributed by atoms with E-state index in [9.17, 15) is 0 Å². The summed E-state index contributed by atoms with van der Waals surface area (Å²) in [6, 6.07) is 10.8. The maximum Gasteiger partial charge on any atom is 0.0665 e. The summed E-state index contributed by atoms with van der Waals surface area (Å²) in [6.07, 6.45) is 3.18. The molecule has 2 unspecified atom stereocenters. The highest BCUT2D eigenvalue weighted by Crippen LogP contribution is 2.55. The number of hydrogen-bond acceptors (Lipinski definition) is 1. The predicted molar refractivity (Wildman–Crippen MR) is 64.0 cm³/mol. The number of fused-ring (bicyclic) bond motifs is 1. The Kier molecular flexibility index (Phi) is 1.71. The van der Waals surface area contributed by atoms with E-state index in [4.69, 9.17) is 5.26 Å². The minimum Gasteiger partial charge on any atom is -0.350 e. The minimum absolute atomic E-state index is 0.0790. The molecule has 1 fully saturated rings. The van der Waals surface area contributed by atoms with Crippen LogP contribution < -0.4 is 0 Å². The van der Waals surface area contributed by atoms with Gasteiger partial charge in [-0.05, 0) is 18.1 Å². The van der Waals surface area contributed by atoms with Crippen molar-refractivity contribution in [3.05, 3.63) is 36.0 Å². The molecule has 16 heavy (non-hydrogen) atoms. The van der Waals surface area contributed by atoms with Crippen LogP contribution in [0.2, 0.25) is 0 Å². The molecule has 0 radical (unpaired) electrons. The van der Waals surface area contributed by atoms with Crippen LogP contribution >= 0.6 is 0 Å². The molecule has 0 saturated heterocycles. The summed E-state index contributed by atoms with van der Waals surface area (Å²) < 4.78 is 2.16. The van der Waals surface area contributed by atoms with Gasteiger partial charge in [0.25, 0.3) is 0 Å². The predicted octanol–water partition coefficient (Wildman–Crippen LogP) is 2.98. The highest BCUT2D eigenvalue weighted by atomic mass is 14.9. The molecule has 1 aliphatic carbocycles. The molecule has 0 bridgehead atoms. The zero-order chi connectivity index (χ0) is 11.3. The first kappa shape index (κ1) is 9.47. The van der Waals surface area contributed by atoms with Gasteiger partial charge in [-0.2, -0.15) is 5.26 Å². The number of nitriles is 1. The SMILES string of the molecule is Cn1cc(C2(C)CC2C#N)c2ccccc21. The summed E-state index contributed by atoms with van der Waals surface area (Å²) >= 11 is 0. The molecule has 0 aliphatic heterocycles. The topological polar surface area (TPSA) is 28.7 Å². The monoisotopic (exact) mass is 210 g/mol. The zero-order valence-corrected chi connectivity index (χ0v) is 9.57. The van der Waals surface area contributed by atoms with Crippen LogP contribution in [-0.2, 0) is 12.5 Å². The van der Waals surface area contributed by atoms with Crippen molar-refractivity contribution in [3.63, 3.8) is 0 Å². The van der Waals surface area contributed by atoms with Crippen LogP contribution in [0.25, 0.3) is 10.9 Å². The summed E-state index contributed by atoms with van der Waals surface area (Å²) in [7, 11) is 2.07. The van der Waals surface area contributed by atoms with Gasteiger partial charge in [-0.1, -0.05) is 25.1 Å². The maximum atomic E-state index is 9.03. The van der Waals surface area contributed by atoms with Gasteiger partial charge in [0, 0.05) is 29.6 Å². The van der Waals surface area contributed by atoms with Crippen LogP contribution in [-0.4, -0.2) is 4.57 Å². The van der Waals surface area contributed by atoms with Gasteiger partial charge in [0.1, 0.15) is 0 Å². The first-order valence-electron chi connectivity index (χ1n) is 5.61. The fourth-order valence-electron chi connectivity index (χ4n) is 2.65. The molecular formula is C14H14N2. The Morgan fingerprint density at radius 2 is 2.19 bits per heavy atom. The van der Waals surface area contributed by atoms with Gasteiger partial charge in [0.05, 0.1) is 12.0 Å². The number of benzene rings is 1. The molecule has 2 atom stereocenters. The van der Waals surface area contributed by atoms with Gasteiger partial charge in [-0.3, -0.25) is 0 Å². The summed E-state index contributed by atoms with van der Waals surface area (Å²) in [4.78, 5) is 0. The lowest BCUT2D eigenvalue weighted by molar-refractivity contribution is 0.742. The average Bonchev–Trinajstić information content (AvgIpc) is 2.86. The molecule has 1 heterocycles. The molecule has 0 amide bonds. The molecule has 1 aromatic carbocycles. The number of para-hydroxylation sites is 1. The Bertz CT molecular complexity index is 603. The summed E-state index contributed by atoms with van der Waals surface area (Å²) in [5, 5.41) is 10.3. The average molecular weight is 210 g/mol. The lowest BCUT2D eigenvalue weighted by Gasteiger charge is -2.06. The molecule has 80 valence electrons. The second kappa shape index (κ2) is 2.89. The Hall–Kier alpha value is -1.75. The number of nitrogens with zero attached hydrogens (tertiary/aromatic N) is 2. The molecule has 1 saturated carbocycles. The van der Waals surface area contributed by atoms with Crippen LogP contribution in [0.5, 0.6) is 0 Å². The van der Waals surface area contributed by atoms with Crippen LogP contribution in [0, 0.1) is 17.2 Å². The Labute approximate surface area is 95.1 Å². The van der Waals surface area contributed by atoms with E-state index < -0.39 is 0 Å². The molecule has 1 aliphatic rings. The number of aryl methyl sites for hydroxylation is 1. The standard InChI is InChI=1S/C14H14N2/c1-14(7-10(14)8-15)12-9-16(2)13-6-4-3-5-11(12)13/h3-6,9-10H,7H2,1-2H3. The first-order valence-corrected chi connectivity index (χ1v) is 5.61. The van der Waals surface area contributed by atoms with Crippen molar-refractivity contribution < 1.29 is 0 Å². The fraction of sp³-hybridized carbons (Fsp3) is 0.357. The van der Waals surface area contributed by atoms with Crippen LogP contribution in [0.3, 0.4) is 0 Å². The largest absolute Gasteiger partial charge is 0.350 e. The van der Waals surface area contributed by atoms with E-state index >= 15 is 0 Å². The Balaban J connectivity index is 2.23. The number of rotatable bonds is 1. The second-order valence-electron chi connectivity index (χ2n) is 4.97. The van der Waals surface area contributed by atoms with Crippen molar-refractivity contribution in [1.82, 2.24) is 4.57 Å². The molecular weight excluding hydrogens is 196 g/mol. The third kappa shape index (κ3) is 1.06.